The highest BCUT2D eigenvalue weighted by Gasteiger charge is 2.28. The van der Waals surface area contributed by atoms with E-state index in [1.54, 1.807) is 13.2 Å². The van der Waals surface area contributed by atoms with Crippen molar-refractivity contribution in [3.63, 3.8) is 0 Å². The van der Waals surface area contributed by atoms with Gasteiger partial charge in [0.2, 0.25) is 0 Å². The van der Waals surface area contributed by atoms with Gasteiger partial charge < -0.3 is 20.1 Å². The molecule has 0 unspecified atom stereocenters. The van der Waals surface area contributed by atoms with Gasteiger partial charge in [-0.05, 0) is 48.5 Å². The Balaban J connectivity index is 1.52. The van der Waals surface area contributed by atoms with E-state index in [1.807, 2.05) is 42.5 Å². The van der Waals surface area contributed by atoms with Crippen molar-refractivity contribution < 1.29 is 18.7 Å². The molecular weight excluding hydrogens is 445 g/mol. The fourth-order valence-corrected chi connectivity index (χ4v) is 3.97. The topological polar surface area (TPSA) is 62.8 Å². The van der Waals surface area contributed by atoms with Gasteiger partial charge in [-0.3, -0.25) is 9.69 Å². The Bertz CT molecular complexity index is 1180. The van der Waals surface area contributed by atoms with E-state index in [-0.39, 0.29) is 11.7 Å². The van der Waals surface area contributed by atoms with Crippen LogP contribution in [0.15, 0.2) is 72.8 Å². The number of halogens is 1. The summed E-state index contributed by atoms with van der Waals surface area (Å²) >= 11 is 0. The SMILES string of the molecule is COCCOCCN(C)Cc1ccc(NC(=C2C(=O)Nc3cc(F)ccc32)c2ccccc2)cc1. The first-order chi connectivity index (χ1) is 17.0. The van der Waals surface area contributed by atoms with E-state index in [9.17, 15) is 9.18 Å². The van der Waals surface area contributed by atoms with E-state index < -0.39 is 0 Å². The first-order valence-corrected chi connectivity index (χ1v) is 11.6. The number of hydrogen-bond acceptors (Lipinski definition) is 5. The van der Waals surface area contributed by atoms with Gasteiger partial charge in [-0.1, -0.05) is 42.5 Å². The van der Waals surface area contributed by atoms with Gasteiger partial charge in [0.1, 0.15) is 5.82 Å². The molecule has 0 saturated carbocycles. The van der Waals surface area contributed by atoms with Gasteiger partial charge in [0.15, 0.2) is 0 Å². The number of anilines is 2. The van der Waals surface area contributed by atoms with Gasteiger partial charge in [0.05, 0.1) is 36.8 Å². The van der Waals surface area contributed by atoms with Gasteiger partial charge in [-0.25, -0.2) is 4.39 Å². The van der Waals surface area contributed by atoms with Crippen LogP contribution in [0, 0.1) is 5.82 Å². The minimum Gasteiger partial charge on any atom is -0.382 e. The summed E-state index contributed by atoms with van der Waals surface area (Å²) in [7, 11) is 3.72. The van der Waals surface area contributed by atoms with Crippen molar-refractivity contribution in [3.05, 3.63) is 95.3 Å². The molecule has 0 saturated heterocycles. The van der Waals surface area contributed by atoms with Gasteiger partial charge in [0, 0.05) is 31.5 Å². The molecule has 0 aliphatic carbocycles. The molecule has 3 aromatic carbocycles. The maximum absolute atomic E-state index is 13.7. The number of rotatable bonds is 11. The molecule has 35 heavy (non-hydrogen) atoms. The Morgan fingerprint density at radius 2 is 1.77 bits per heavy atom. The summed E-state index contributed by atoms with van der Waals surface area (Å²) in [5.74, 6) is -0.649. The zero-order valence-corrected chi connectivity index (χ0v) is 20.0. The summed E-state index contributed by atoms with van der Waals surface area (Å²) < 4.78 is 24.3. The lowest BCUT2D eigenvalue weighted by atomic mass is 10.00. The van der Waals surface area contributed by atoms with Crippen molar-refractivity contribution in [2.75, 3.05) is 51.2 Å². The van der Waals surface area contributed by atoms with Crippen molar-refractivity contribution in [1.29, 1.82) is 0 Å². The fraction of sp³-hybridized carbons (Fsp3) is 0.250. The monoisotopic (exact) mass is 475 g/mol. The normalized spacial score (nSPS) is 14.1. The quantitative estimate of drug-likeness (QED) is 0.307. The van der Waals surface area contributed by atoms with E-state index in [4.69, 9.17) is 9.47 Å². The number of amides is 1. The van der Waals surface area contributed by atoms with Gasteiger partial charge in [-0.15, -0.1) is 0 Å². The molecular formula is C28H30FN3O3. The van der Waals surface area contributed by atoms with Crippen molar-refractivity contribution >= 4 is 28.6 Å². The molecule has 182 valence electrons. The van der Waals surface area contributed by atoms with E-state index in [0.717, 1.165) is 24.3 Å². The molecule has 0 aromatic heterocycles. The summed E-state index contributed by atoms with van der Waals surface area (Å²) in [5, 5.41) is 6.22. The maximum Gasteiger partial charge on any atom is 0.258 e. The minimum atomic E-state index is -0.387. The van der Waals surface area contributed by atoms with Crippen LogP contribution in [-0.2, 0) is 20.8 Å². The predicted molar refractivity (Wildman–Crippen MR) is 137 cm³/mol. The highest BCUT2D eigenvalue weighted by molar-refractivity contribution is 6.37. The number of ether oxygens (including phenoxy) is 2. The molecule has 1 aliphatic rings. The van der Waals surface area contributed by atoms with Gasteiger partial charge >= 0.3 is 0 Å². The van der Waals surface area contributed by atoms with Crippen LogP contribution in [0.4, 0.5) is 15.8 Å². The number of carbonyl (C=O) groups excluding carboxylic acids is 1. The zero-order valence-electron chi connectivity index (χ0n) is 20.0. The molecule has 3 aromatic rings. The van der Waals surface area contributed by atoms with E-state index >= 15 is 0 Å². The van der Waals surface area contributed by atoms with Crippen LogP contribution in [0.3, 0.4) is 0 Å². The minimum absolute atomic E-state index is 0.261. The molecule has 0 atom stereocenters. The third-order valence-corrected chi connectivity index (χ3v) is 5.76. The maximum atomic E-state index is 13.7. The Morgan fingerprint density at radius 3 is 2.51 bits per heavy atom. The number of fused-ring (bicyclic) bond motifs is 1. The Kier molecular flexibility index (Phi) is 8.26. The van der Waals surface area contributed by atoms with Crippen molar-refractivity contribution in [2.45, 2.75) is 6.54 Å². The van der Waals surface area contributed by atoms with Crippen LogP contribution < -0.4 is 10.6 Å². The number of likely N-dealkylation sites (N-methyl/N-ethyl adjacent to an activating group) is 1. The number of nitrogens with one attached hydrogen (secondary N) is 2. The molecule has 0 fully saturated rings. The second-order valence-electron chi connectivity index (χ2n) is 8.42. The standard InChI is InChI=1S/C28H30FN3O3/c1-32(14-15-35-17-16-34-2)19-20-8-11-23(12-9-20)30-27(21-6-4-3-5-7-21)26-24-13-10-22(29)18-25(24)31-28(26)33/h3-13,18,30H,14-17,19H2,1-2H3,(H,31,33). The van der Waals surface area contributed by atoms with Crippen LogP contribution >= 0.6 is 0 Å². The number of hydrogen-bond donors (Lipinski definition) is 2. The molecule has 1 amide bonds. The summed E-state index contributed by atoms with van der Waals surface area (Å²) in [6, 6.07) is 22.2. The summed E-state index contributed by atoms with van der Waals surface area (Å²) in [4.78, 5) is 15.1. The van der Waals surface area contributed by atoms with Gasteiger partial charge in [-0.2, -0.15) is 0 Å². The molecule has 2 N–H and O–H groups in total. The van der Waals surface area contributed by atoms with Crippen molar-refractivity contribution in [3.8, 4) is 0 Å². The third-order valence-electron chi connectivity index (χ3n) is 5.76. The summed E-state index contributed by atoms with van der Waals surface area (Å²) in [5.41, 5.74) is 5.21. The smallest absolute Gasteiger partial charge is 0.258 e. The van der Waals surface area contributed by atoms with E-state index in [2.05, 4.69) is 34.7 Å². The van der Waals surface area contributed by atoms with Crippen LogP contribution in [0.25, 0.3) is 11.3 Å². The predicted octanol–water partition coefficient (Wildman–Crippen LogP) is 4.85. The lowest BCUT2D eigenvalue weighted by Crippen LogP contribution is -2.23. The molecule has 0 bridgehead atoms. The molecule has 1 heterocycles. The number of methoxy groups -OCH3 is 1. The molecule has 0 spiro atoms. The Hall–Kier alpha value is -3.52. The lowest BCUT2D eigenvalue weighted by molar-refractivity contribution is -0.110. The van der Waals surface area contributed by atoms with Crippen LogP contribution in [0.2, 0.25) is 0 Å². The highest BCUT2D eigenvalue weighted by Crippen LogP contribution is 2.37. The largest absolute Gasteiger partial charge is 0.382 e. The average molecular weight is 476 g/mol. The van der Waals surface area contributed by atoms with E-state index in [1.165, 1.54) is 17.7 Å². The van der Waals surface area contributed by atoms with Crippen LogP contribution in [0.5, 0.6) is 0 Å². The third kappa shape index (κ3) is 6.33. The van der Waals surface area contributed by atoms with Crippen molar-refractivity contribution in [1.82, 2.24) is 4.90 Å². The van der Waals surface area contributed by atoms with Crippen LogP contribution in [-0.4, -0.2) is 51.3 Å². The van der Waals surface area contributed by atoms with Gasteiger partial charge in [0.25, 0.3) is 5.91 Å². The zero-order chi connectivity index (χ0) is 24.6. The number of carbonyl (C=O) groups is 1. The number of nitrogens with zero attached hydrogens (tertiary/aromatic N) is 1. The highest BCUT2D eigenvalue weighted by atomic mass is 19.1. The first kappa shape index (κ1) is 24.6. The van der Waals surface area contributed by atoms with Crippen molar-refractivity contribution in [2.24, 2.45) is 0 Å². The lowest BCUT2D eigenvalue weighted by Gasteiger charge is -2.18. The summed E-state index contributed by atoms with van der Waals surface area (Å²) in [6.07, 6.45) is 0. The molecule has 0 radical (unpaired) electrons. The molecule has 7 heteroatoms. The first-order valence-electron chi connectivity index (χ1n) is 11.6. The fourth-order valence-electron chi connectivity index (χ4n) is 3.97. The molecule has 4 rings (SSSR count). The molecule has 1 aliphatic heterocycles. The molecule has 6 nitrogen and oxygen atoms in total. The summed E-state index contributed by atoms with van der Waals surface area (Å²) in [6.45, 7) is 3.47. The second kappa shape index (κ2) is 11.8. The number of benzene rings is 3. The van der Waals surface area contributed by atoms with Crippen LogP contribution in [0.1, 0.15) is 16.7 Å². The second-order valence-corrected chi connectivity index (χ2v) is 8.42. The average Bonchev–Trinajstić information content (AvgIpc) is 3.18. The Labute approximate surface area is 205 Å². The Morgan fingerprint density at radius 1 is 1.00 bits per heavy atom. The van der Waals surface area contributed by atoms with E-state index in [0.29, 0.717) is 42.3 Å².